The first-order chi connectivity index (χ1) is 9.06. The van der Waals surface area contributed by atoms with Gasteiger partial charge in [-0.25, -0.2) is 9.18 Å². The molecule has 1 aliphatic rings. The predicted molar refractivity (Wildman–Crippen MR) is 69.2 cm³/mol. The Balaban J connectivity index is 1.84. The van der Waals surface area contributed by atoms with Gasteiger partial charge in [-0.1, -0.05) is 12.1 Å². The quantitative estimate of drug-likeness (QED) is 0.774. The summed E-state index contributed by atoms with van der Waals surface area (Å²) in [6.07, 6.45) is 1.95. The fraction of sp³-hybridized carbons (Fsp3) is 0.385. The van der Waals surface area contributed by atoms with Gasteiger partial charge in [-0.3, -0.25) is 4.79 Å². The second-order valence-corrected chi connectivity index (χ2v) is 4.58. The minimum Gasteiger partial charge on any atom is -0.335 e. The monoisotopic (exact) mass is 265 g/mol. The molecule has 0 radical (unpaired) electrons. The van der Waals surface area contributed by atoms with Gasteiger partial charge in [0, 0.05) is 6.04 Å². The molecule has 1 aliphatic carbocycles. The molecule has 6 heteroatoms. The summed E-state index contributed by atoms with van der Waals surface area (Å²) in [5, 5.41) is 7.64. The molecule has 0 heterocycles. The van der Waals surface area contributed by atoms with Gasteiger partial charge in [-0.15, -0.1) is 0 Å². The smallest absolute Gasteiger partial charge is 0.315 e. The highest BCUT2D eigenvalue weighted by Crippen LogP contribution is 2.18. The molecule has 19 heavy (non-hydrogen) atoms. The van der Waals surface area contributed by atoms with Gasteiger partial charge in [0.25, 0.3) is 0 Å². The molecule has 1 aromatic rings. The predicted octanol–water partition coefficient (Wildman–Crippen LogP) is 1.61. The highest BCUT2D eigenvalue weighted by molar-refractivity contribution is 5.96. The van der Waals surface area contributed by atoms with E-state index in [1.54, 1.807) is 13.0 Å². The maximum absolute atomic E-state index is 13.3. The first kappa shape index (κ1) is 13.3. The van der Waals surface area contributed by atoms with Crippen molar-refractivity contribution in [3.63, 3.8) is 0 Å². The number of hydrogen-bond acceptors (Lipinski definition) is 2. The van der Waals surface area contributed by atoms with Crippen molar-refractivity contribution in [1.29, 1.82) is 0 Å². The third-order valence-corrected chi connectivity index (χ3v) is 2.79. The van der Waals surface area contributed by atoms with E-state index in [9.17, 15) is 14.0 Å². The van der Waals surface area contributed by atoms with Crippen molar-refractivity contribution < 1.29 is 14.0 Å². The number of carbonyl (C=O) groups excluding carboxylic acids is 2. The minimum absolute atomic E-state index is 0.101. The van der Waals surface area contributed by atoms with Crippen LogP contribution in [0.4, 0.5) is 14.9 Å². The lowest BCUT2D eigenvalue weighted by Gasteiger charge is -2.14. The van der Waals surface area contributed by atoms with Crippen molar-refractivity contribution in [1.82, 2.24) is 10.6 Å². The summed E-state index contributed by atoms with van der Waals surface area (Å²) in [7, 11) is 0. The van der Waals surface area contributed by atoms with Gasteiger partial charge in [0.2, 0.25) is 5.91 Å². The molecule has 0 bridgehead atoms. The van der Waals surface area contributed by atoms with E-state index in [-0.39, 0.29) is 17.8 Å². The van der Waals surface area contributed by atoms with E-state index in [1.807, 2.05) is 0 Å². The molecule has 1 saturated carbocycles. The lowest BCUT2D eigenvalue weighted by atomic mass is 10.2. The molecule has 3 amide bonds. The number of para-hydroxylation sites is 1. The number of urea groups is 1. The van der Waals surface area contributed by atoms with E-state index in [0.29, 0.717) is 0 Å². The van der Waals surface area contributed by atoms with Crippen molar-refractivity contribution in [3.8, 4) is 0 Å². The van der Waals surface area contributed by atoms with E-state index in [2.05, 4.69) is 16.0 Å². The van der Waals surface area contributed by atoms with Crippen LogP contribution in [0, 0.1) is 5.82 Å². The maximum Gasteiger partial charge on any atom is 0.315 e. The number of amides is 3. The molecule has 3 N–H and O–H groups in total. The van der Waals surface area contributed by atoms with Crippen LogP contribution in [0.5, 0.6) is 0 Å². The zero-order valence-electron chi connectivity index (χ0n) is 10.6. The Bertz CT molecular complexity index is 489. The van der Waals surface area contributed by atoms with E-state index >= 15 is 0 Å². The van der Waals surface area contributed by atoms with Crippen LogP contribution in [-0.4, -0.2) is 24.0 Å². The summed E-state index contributed by atoms with van der Waals surface area (Å²) >= 11 is 0. The van der Waals surface area contributed by atoms with Crippen molar-refractivity contribution in [2.24, 2.45) is 0 Å². The van der Waals surface area contributed by atoms with Crippen LogP contribution in [0.15, 0.2) is 24.3 Å². The van der Waals surface area contributed by atoms with Crippen LogP contribution in [0.2, 0.25) is 0 Å². The van der Waals surface area contributed by atoms with Gasteiger partial charge < -0.3 is 16.0 Å². The highest BCUT2D eigenvalue weighted by Gasteiger charge is 2.24. The normalized spacial score (nSPS) is 15.5. The van der Waals surface area contributed by atoms with Crippen molar-refractivity contribution >= 4 is 17.6 Å². The topological polar surface area (TPSA) is 70.2 Å². The fourth-order valence-corrected chi connectivity index (χ4v) is 1.52. The van der Waals surface area contributed by atoms with Crippen molar-refractivity contribution in [2.75, 3.05) is 5.32 Å². The van der Waals surface area contributed by atoms with Crippen LogP contribution in [0.25, 0.3) is 0 Å². The summed E-state index contributed by atoms with van der Waals surface area (Å²) in [5.74, 6) is -0.971. The molecule has 0 spiro atoms. The third kappa shape index (κ3) is 3.94. The molecule has 0 aliphatic heterocycles. The molecule has 102 valence electrons. The second-order valence-electron chi connectivity index (χ2n) is 4.58. The van der Waals surface area contributed by atoms with Crippen LogP contribution >= 0.6 is 0 Å². The van der Waals surface area contributed by atoms with E-state index in [4.69, 9.17) is 0 Å². The number of carbonyl (C=O) groups is 2. The minimum atomic E-state index is -0.738. The Morgan fingerprint density at radius 2 is 2.00 bits per heavy atom. The summed E-state index contributed by atoms with van der Waals surface area (Å²) < 4.78 is 13.3. The van der Waals surface area contributed by atoms with Gasteiger partial charge in [0.05, 0.1) is 5.69 Å². The second kappa shape index (κ2) is 5.69. The third-order valence-electron chi connectivity index (χ3n) is 2.79. The van der Waals surface area contributed by atoms with E-state index in [0.717, 1.165) is 12.8 Å². The Kier molecular flexibility index (Phi) is 3.99. The van der Waals surface area contributed by atoms with E-state index < -0.39 is 17.8 Å². The highest BCUT2D eigenvalue weighted by atomic mass is 19.1. The molecule has 1 atom stereocenters. The zero-order chi connectivity index (χ0) is 13.8. The number of benzene rings is 1. The van der Waals surface area contributed by atoms with Gasteiger partial charge in [-0.05, 0) is 31.9 Å². The summed E-state index contributed by atoms with van der Waals surface area (Å²) in [5.41, 5.74) is 0.101. The average Bonchev–Trinajstić information content (AvgIpc) is 3.15. The zero-order valence-corrected chi connectivity index (χ0v) is 10.6. The molecule has 2 rings (SSSR count). The number of hydrogen-bond donors (Lipinski definition) is 3. The molecular formula is C13H16FN3O2. The van der Waals surface area contributed by atoms with Crippen molar-refractivity contribution in [2.45, 2.75) is 31.8 Å². The first-order valence-electron chi connectivity index (χ1n) is 6.18. The molecule has 0 saturated heterocycles. The SMILES string of the molecule is CC(NC(=O)NC1CC1)C(=O)Nc1ccccc1F. The van der Waals surface area contributed by atoms with Gasteiger partial charge in [0.1, 0.15) is 11.9 Å². The summed E-state index contributed by atoms with van der Waals surface area (Å²) in [6.45, 7) is 1.54. The lowest BCUT2D eigenvalue weighted by Crippen LogP contribution is -2.47. The van der Waals surface area contributed by atoms with Crippen LogP contribution in [0.3, 0.4) is 0 Å². The summed E-state index contributed by atoms with van der Waals surface area (Å²) in [4.78, 5) is 23.2. The largest absolute Gasteiger partial charge is 0.335 e. The van der Waals surface area contributed by atoms with Crippen LogP contribution in [-0.2, 0) is 4.79 Å². The number of halogens is 1. The molecule has 1 aromatic carbocycles. The fourth-order valence-electron chi connectivity index (χ4n) is 1.52. The van der Waals surface area contributed by atoms with Crippen molar-refractivity contribution in [3.05, 3.63) is 30.1 Å². The average molecular weight is 265 g/mol. The van der Waals surface area contributed by atoms with Gasteiger partial charge >= 0.3 is 6.03 Å². The number of nitrogens with one attached hydrogen (secondary N) is 3. The lowest BCUT2D eigenvalue weighted by molar-refractivity contribution is -0.117. The Morgan fingerprint density at radius 1 is 1.32 bits per heavy atom. The van der Waals surface area contributed by atoms with Crippen LogP contribution in [0.1, 0.15) is 19.8 Å². The molecule has 5 nitrogen and oxygen atoms in total. The molecule has 1 fully saturated rings. The summed E-state index contributed by atoms with van der Waals surface area (Å²) in [6, 6.07) is 4.99. The Hall–Kier alpha value is -2.11. The Morgan fingerprint density at radius 3 is 2.63 bits per heavy atom. The molecular weight excluding hydrogens is 249 g/mol. The molecule has 0 aromatic heterocycles. The number of rotatable bonds is 4. The number of anilines is 1. The Labute approximate surface area is 110 Å². The standard InChI is InChI=1S/C13H16FN3O2/c1-8(15-13(19)16-9-6-7-9)12(18)17-11-5-3-2-4-10(11)14/h2-5,8-9H,6-7H2,1H3,(H,17,18)(H2,15,16,19). The van der Waals surface area contributed by atoms with Gasteiger partial charge in [-0.2, -0.15) is 0 Å². The maximum atomic E-state index is 13.3. The molecule has 1 unspecified atom stereocenters. The van der Waals surface area contributed by atoms with E-state index in [1.165, 1.54) is 18.2 Å². The first-order valence-corrected chi connectivity index (χ1v) is 6.18. The van der Waals surface area contributed by atoms with Gasteiger partial charge in [0.15, 0.2) is 0 Å². The van der Waals surface area contributed by atoms with Crippen LogP contribution < -0.4 is 16.0 Å².